The van der Waals surface area contributed by atoms with Crippen molar-refractivity contribution in [3.8, 4) is 0 Å². The fourth-order valence-electron chi connectivity index (χ4n) is 2.50. The lowest BCUT2D eigenvalue weighted by Crippen LogP contribution is -2.45. The van der Waals surface area contributed by atoms with Crippen LogP contribution >= 0.6 is 0 Å². The third-order valence-electron chi connectivity index (χ3n) is 3.44. The zero-order chi connectivity index (χ0) is 12.5. The first-order valence-corrected chi connectivity index (χ1v) is 6.78. The molecule has 0 aromatic heterocycles. The average molecular weight is 242 g/mol. The van der Waals surface area contributed by atoms with E-state index in [2.05, 4.69) is 12.2 Å². The van der Waals surface area contributed by atoms with Crippen molar-refractivity contribution in [1.29, 1.82) is 0 Å². The second-order valence-electron chi connectivity index (χ2n) is 4.64. The molecule has 1 saturated carbocycles. The molecule has 0 aromatic rings. The molecular formula is C13H26N2O2. The van der Waals surface area contributed by atoms with Crippen molar-refractivity contribution in [2.45, 2.75) is 45.1 Å². The molecule has 0 atom stereocenters. The van der Waals surface area contributed by atoms with Gasteiger partial charge in [0, 0.05) is 26.2 Å². The fraction of sp³-hybridized carbons (Fsp3) is 0.923. The highest BCUT2D eigenvalue weighted by molar-refractivity contribution is 5.78. The second-order valence-corrected chi connectivity index (χ2v) is 4.64. The Balaban J connectivity index is 2.29. The minimum atomic E-state index is 0.232. The molecule has 0 spiro atoms. The van der Waals surface area contributed by atoms with Crippen LogP contribution in [0.4, 0.5) is 0 Å². The molecule has 1 fully saturated rings. The van der Waals surface area contributed by atoms with Crippen LogP contribution in [0.2, 0.25) is 0 Å². The first-order valence-electron chi connectivity index (χ1n) is 6.78. The summed E-state index contributed by atoms with van der Waals surface area (Å²) in [6.07, 6.45) is 6.22. The maximum Gasteiger partial charge on any atom is 0.236 e. The average Bonchev–Trinajstić information content (AvgIpc) is 2.37. The molecule has 4 heteroatoms. The summed E-state index contributed by atoms with van der Waals surface area (Å²) in [6.45, 7) is 4.73. The summed E-state index contributed by atoms with van der Waals surface area (Å²) in [5.41, 5.74) is 0. The third kappa shape index (κ3) is 5.04. The van der Waals surface area contributed by atoms with E-state index in [1.807, 2.05) is 4.90 Å². The van der Waals surface area contributed by atoms with Crippen molar-refractivity contribution in [2.75, 3.05) is 33.4 Å². The molecule has 0 aliphatic heterocycles. The van der Waals surface area contributed by atoms with Gasteiger partial charge in [0.1, 0.15) is 0 Å². The third-order valence-corrected chi connectivity index (χ3v) is 3.44. The summed E-state index contributed by atoms with van der Waals surface area (Å²) in [6, 6.07) is 0.477. The molecule has 1 aliphatic rings. The number of rotatable bonds is 7. The predicted molar refractivity (Wildman–Crippen MR) is 69.0 cm³/mol. The van der Waals surface area contributed by atoms with Crippen LogP contribution in [-0.2, 0) is 9.53 Å². The molecule has 17 heavy (non-hydrogen) atoms. The maximum atomic E-state index is 12.1. The van der Waals surface area contributed by atoms with Crippen molar-refractivity contribution in [2.24, 2.45) is 0 Å². The van der Waals surface area contributed by atoms with Gasteiger partial charge in [-0.1, -0.05) is 19.3 Å². The molecule has 0 saturated heterocycles. The zero-order valence-corrected chi connectivity index (χ0v) is 11.2. The number of carbonyl (C=O) groups is 1. The van der Waals surface area contributed by atoms with Crippen molar-refractivity contribution in [1.82, 2.24) is 10.2 Å². The first kappa shape index (κ1) is 14.5. The highest BCUT2D eigenvalue weighted by atomic mass is 16.5. The smallest absolute Gasteiger partial charge is 0.236 e. The summed E-state index contributed by atoms with van der Waals surface area (Å²) >= 11 is 0. The van der Waals surface area contributed by atoms with Gasteiger partial charge in [-0.25, -0.2) is 0 Å². The Bertz CT molecular complexity index is 215. The van der Waals surface area contributed by atoms with Crippen LogP contribution in [-0.4, -0.2) is 50.2 Å². The van der Waals surface area contributed by atoms with Gasteiger partial charge in [0.05, 0.1) is 13.2 Å². The van der Waals surface area contributed by atoms with Crippen LogP contribution in [0.5, 0.6) is 0 Å². The van der Waals surface area contributed by atoms with E-state index in [-0.39, 0.29) is 5.91 Å². The van der Waals surface area contributed by atoms with Gasteiger partial charge in [-0.2, -0.15) is 0 Å². The van der Waals surface area contributed by atoms with E-state index < -0.39 is 0 Å². The summed E-state index contributed by atoms with van der Waals surface area (Å²) < 4.78 is 4.94. The van der Waals surface area contributed by atoms with Crippen LogP contribution in [0.25, 0.3) is 0 Å². The van der Waals surface area contributed by atoms with Gasteiger partial charge >= 0.3 is 0 Å². The topological polar surface area (TPSA) is 41.6 Å². The van der Waals surface area contributed by atoms with Gasteiger partial charge in [-0.3, -0.25) is 4.79 Å². The molecule has 100 valence electrons. The van der Waals surface area contributed by atoms with E-state index in [4.69, 9.17) is 4.74 Å². The Labute approximate surface area is 105 Å². The highest BCUT2D eigenvalue weighted by Gasteiger charge is 2.23. The molecule has 4 nitrogen and oxygen atoms in total. The van der Waals surface area contributed by atoms with Crippen molar-refractivity contribution in [3.05, 3.63) is 0 Å². The minimum Gasteiger partial charge on any atom is -0.383 e. The number of hydrogen-bond acceptors (Lipinski definition) is 3. The molecule has 1 N–H and O–H groups in total. The number of carbonyl (C=O) groups excluding carboxylic acids is 1. The predicted octanol–water partition coefficient (Wildman–Crippen LogP) is 1.40. The Kier molecular flexibility index (Phi) is 7.21. The van der Waals surface area contributed by atoms with Gasteiger partial charge in [-0.15, -0.1) is 0 Å². The van der Waals surface area contributed by atoms with Crippen LogP contribution in [0.3, 0.4) is 0 Å². The summed E-state index contributed by atoms with van der Waals surface area (Å²) in [5.74, 6) is 0.232. The molecule has 1 rings (SSSR count). The van der Waals surface area contributed by atoms with Gasteiger partial charge in [0.25, 0.3) is 0 Å². The standard InChI is InChI=1S/C13H26N2O2/c1-3-15(12-7-5-4-6-8-12)13(16)11-14-9-10-17-2/h12,14H,3-11H2,1-2H3. The largest absolute Gasteiger partial charge is 0.383 e. The van der Waals surface area contributed by atoms with Gasteiger partial charge in [0.2, 0.25) is 5.91 Å². The SMILES string of the molecule is CCN(C(=O)CNCCOC)C1CCCCC1. The normalized spacial score (nSPS) is 17.1. The number of likely N-dealkylation sites (N-methyl/N-ethyl adjacent to an activating group) is 1. The number of nitrogens with one attached hydrogen (secondary N) is 1. The second kappa shape index (κ2) is 8.48. The minimum absolute atomic E-state index is 0.232. The summed E-state index contributed by atoms with van der Waals surface area (Å²) in [4.78, 5) is 14.1. The Hall–Kier alpha value is -0.610. The lowest BCUT2D eigenvalue weighted by atomic mass is 9.94. The fourth-order valence-corrected chi connectivity index (χ4v) is 2.50. The van der Waals surface area contributed by atoms with Gasteiger partial charge in [0.15, 0.2) is 0 Å². The van der Waals surface area contributed by atoms with E-state index in [0.717, 1.165) is 13.1 Å². The van der Waals surface area contributed by atoms with E-state index in [1.165, 1.54) is 32.1 Å². The number of nitrogens with zero attached hydrogens (tertiary/aromatic N) is 1. The molecule has 0 radical (unpaired) electrons. The lowest BCUT2D eigenvalue weighted by molar-refractivity contribution is -0.133. The summed E-state index contributed by atoms with van der Waals surface area (Å²) in [5, 5.41) is 3.12. The van der Waals surface area contributed by atoms with E-state index in [1.54, 1.807) is 7.11 Å². The van der Waals surface area contributed by atoms with Crippen molar-refractivity contribution >= 4 is 5.91 Å². The molecule has 0 unspecified atom stereocenters. The highest BCUT2D eigenvalue weighted by Crippen LogP contribution is 2.22. The number of methoxy groups -OCH3 is 1. The number of hydrogen-bond donors (Lipinski definition) is 1. The van der Waals surface area contributed by atoms with Crippen molar-refractivity contribution < 1.29 is 9.53 Å². The Morgan fingerprint density at radius 1 is 1.35 bits per heavy atom. The molecule has 1 amide bonds. The Morgan fingerprint density at radius 2 is 2.06 bits per heavy atom. The summed E-state index contributed by atoms with van der Waals surface area (Å²) in [7, 11) is 1.67. The zero-order valence-electron chi connectivity index (χ0n) is 11.2. The molecule has 0 heterocycles. The molecule has 0 aromatic carbocycles. The molecular weight excluding hydrogens is 216 g/mol. The van der Waals surface area contributed by atoms with Gasteiger partial charge in [-0.05, 0) is 19.8 Å². The molecule has 1 aliphatic carbocycles. The molecule has 0 bridgehead atoms. The maximum absolute atomic E-state index is 12.1. The van der Waals surface area contributed by atoms with Crippen LogP contribution < -0.4 is 5.32 Å². The quantitative estimate of drug-likeness (QED) is 0.686. The monoisotopic (exact) mass is 242 g/mol. The number of amides is 1. The van der Waals surface area contributed by atoms with E-state index >= 15 is 0 Å². The lowest BCUT2D eigenvalue weighted by Gasteiger charge is -2.33. The van der Waals surface area contributed by atoms with Gasteiger partial charge < -0.3 is 15.0 Å². The number of ether oxygens (including phenoxy) is 1. The van der Waals surface area contributed by atoms with E-state index in [0.29, 0.717) is 19.2 Å². The van der Waals surface area contributed by atoms with Crippen LogP contribution in [0.15, 0.2) is 0 Å². The van der Waals surface area contributed by atoms with Crippen molar-refractivity contribution in [3.63, 3.8) is 0 Å². The van der Waals surface area contributed by atoms with Crippen LogP contribution in [0.1, 0.15) is 39.0 Å². The van der Waals surface area contributed by atoms with Crippen LogP contribution in [0, 0.1) is 0 Å². The van der Waals surface area contributed by atoms with E-state index in [9.17, 15) is 4.79 Å². The first-order chi connectivity index (χ1) is 8.29. The Morgan fingerprint density at radius 3 is 2.65 bits per heavy atom.